The molecule has 1 heterocycles. The van der Waals surface area contributed by atoms with Gasteiger partial charge in [-0.15, -0.1) is 0 Å². The second-order valence-electron chi connectivity index (χ2n) is 5.04. The van der Waals surface area contributed by atoms with Crippen molar-refractivity contribution in [3.63, 3.8) is 0 Å². The Bertz CT molecular complexity index is 749. The van der Waals surface area contributed by atoms with E-state index in [0.717, 1.165) is 35.0 Å². The number of nitrogens with zero attached hydrogens (tertiary/aromatic N) is 2. The number of anilines is 2. The van der Waals surface area contributed by atoms with Crippen molar-refractivity contribution in [2.24, 2.45) is 0 Å². The maximum absolute atomic E-state index is 5.79. The normalized spacial score (nSPS) is 10.8. The summed E-state index contributed by atoms with van der Waals surface area (Å²) in [5.41, 5.74) is 9.58. The molecule has 0 atom stereocenters. The van der Waals surface area contributed by atoms with Crippen molar-refractivity contribution < 1.29 is 4.74 Å². The Hall–Kier alpha value is -2.69. The predicted molar refractivity (Wildman–Crippen MR) is 85.6 cm³/mol. The van der Waals surface area contributed by atoms with E-state index in [9.17, 15) is 0 Å². The second kappa shape index (κ2) is 5.36. The summed E-state index contributed by atoms with van der Waals surface area (Å²) in [7, 11) is 3.67. The fourth-order valence-electron chi connectivity index (χ4n) is 2.27. The van der Waals surface area contributed by atoms with Crippen LogP contribution in [0.25, 0.3) is 11.0 Å². The van der Waals surface area contributed by atoms with Gasteiger partial charge in [-0.05, 0) is 35.9 Å². The third-order valence-corrected chi connectivity index (χ3v) is 3.43. The largest absolute Gasteiger partial charge is 0.497 e. The van der Waals surface area contributed by atoms with Crippen molar-refractivity contribution in [3.8, 4) is 5.75 Å². The van der Waals surface area contributed by atoms with Gasteiger partial charge in [0, 0.05) is 19.3 Å². The van der Waals surface area contributed by atoms with E-state index in [1.54, 1.807) is 7.11 Å². The summed E-state index contributed by atoms with van der Waals surface area (Å²) in [5.74, 6) is 1.69. The molecule has 3 rings (SSSR count). The topological polar surface area (TPSA) is 67.2 Å². The lowest BCUT2D eigenvalue weighted by Crippen LogP contribution is -2.17. The summed E-state index contributed by atoms with van der Waals surface area (Å²) in [6.45, 7) is 0.763. The Morgan fingerprint density at radius 3 is 2.67 bits per heavy atom. The van der Waals surface area contributed by atoms with Crippen molar-refractivity contribution in [1.82, 2.24) is 9.97 Å². The molecule has 108 valence electrons. The standard InChI is InChI=1S/C16H18N4O/c1-20(10-11-3-6-13(21-2)7-4-11)16-18-14-8-5-12(17)9-15(14)19-16/h3-9H,10,17H2,1-2H3,(H,18,19). The smallest absolute Gasteiger partial charge is 0.203 e. The number of aromatic amines is 1. The minimum absolute atomic E-state index is 0.732. The number of nitrogen functional groups attached to an aromatic ring is 1. The minimum Gasteiger partial charge on any atom is -0.497 e. The molecular weight excluding hydrogens is 264 g/mol. The van der Waals surface area contributed by atoms with Crippen LogP contribution in [0.3, 0.4) is 0 Å². The molecule has 21 heavy (non-hydrogen) atoms. The van der Waals surface area contributed by atoms with E-state index in [4.69, 9.17) is 10.5 Å². The van der Waals surface area contributed by atoms with Crippen LogP contribution in [-0.2, 0) is 6.54 Å². The SMILES string of the molecule is COc1ccc(CN(C)c2nc3ccc(N)cc3[nH]2)cc1. The molecule has 5 nitrogen and oxygen atoms in total. The van der Waals surface area contributed by atoms with E-state index in [1.165, 1.54) is 5.56 Å². The first-order valence-corrected chi connectivity index (χ1v) is 6.75. The molecule has 0 aliphatic carbocycles. The molecule has 0 spiro atoms. The molecule has 0 amide bonds. The number of rotatable bonds is 4. The predicted octanol–water partition coefficient (Wildman–Crippen LogP) is 2.79. The van der Waals surface area contributed by atoms with Crippen molar-refractivity contribution >= 4 is 22.7 Å². The van der Waals surface area contributed by atoms with E-state index in [1.807, 2.05) is 37.4 Å². The molecular formula is C16H18N4O. The lowest BCUT2D eigenvalue weighted by molar-refractivity contribution is 0.414. The zero-order valence-corrected chi connectivity index (χ0v) is 12.1. The summed E-state index contributed by atoms with van der Waals surface area (Å²) in [5, 5.41) is 0. The van der Waals surface area contributed by atoms with Crippen molar-refractivity contribution in [2.75, 3.05) is 24.8 Å². The first-order valence-electron chi connectivity index (χ1n) is 6.75. The molecule has 3 aromatic rings. The fourth-order valence-corrected chi connectivity index (χ4v) is 2.27. The highest BCUT2D eigenvalue weighted by Crippen LogP contribution is 2.20. The zero-order valence-electron chi connectivity index (χ0n) is 12.1. The highest BCUT2D eigenvalue weighted by atomic mass is 16.5. The number of methoxy groups -OCH3 is 1. The molecule has 3 N–H and O–H groups in total. The van der Waals surface area contributed by atoms with Crippen LogP contribution in [0.15, 0.2) is 42.5 Å². The van der Waals surface area contributed by atoms with Crippen molar-refractivity contribution in [2.45, 2.75) is 6.54 Å². The van der Waals surface area contributed by atoms with Crippen LogP contribution in [0.4, 0.5) is 11.6 Å². The van der Waals surface area contributed by atoms with E-state index < -0.39 is 0 Å². The molecule has 5 heteroatoms. The fraction of sp³-hybridized carbons (Fsp3) is 0.188. The molecule has 0 radical (unpaired) electrons. The summed E-state index contributed by atoms with van der Waals surface area (Å²) < 4.78 is 5.17. The number of imidazole rings is 1. The maximum Gasteiger partial charge on any atom is 0.203 e. The van der Waals surface area contributed by atoms with Crippen LogP contribution in [0.2, 0.25) is 0 Å². The number of benzene rings is 2. The molecule has 0 unspecified atom stereocenters. The van der Waals surface area contributed by atoms with Gasteiger partial charge in [-0.2, -0.15) is 0 Å². The third-order valence-electron chi connectivity index (χ3n) is 3.43. The Morgan fingerprint density at radius 2 is 1.95 bits per heavy atom. The van der Waals surface area contributed by atoms with Gasteiger partial charge in [-0.3, -0.25) is 0 Å². The van der Waals surface area contributed by atoms with Gasteiger partial charge in [0.2, 0.25) is 5.95 Å². The van der Waals surface area contributed by atoms with Gasteiger partial charge in [-0.1, -0.05) is 12.1 Å². The molecule has 0 fully saturated rings. The molecule has 0 saturated heterocycles. The summed E-state index contributed by atoms with van der Waals surface area (Å²) in [4.78, 5) is 9.93. The van der Waals surface area contributed by atoms with Crippen LogP contribution < -0.4 is 15.4 Å². The van der Waals surface area contributed by atoms with Crippen LogP contribution >= 0.6 is 0 Å². The Labute approximate surface area is 123 Å². The highest BCUT2D eigenvalue weighted by molar-refractivity contribution is 5.80. The van der Waals surface area contributed by atoms with Gasteiger partial charge in [-0.25, -0.2) is 4.98 Å². The Balaban J connectivity index is 1.80. The number of nitrogens with two attached hydrogens (primary N) is 1. The van der Waals surface area contributed by atoms with Gasteiger partial charge in [0.1, 0.15) is 5.75 Å². The summed E-state index contributed by atoms with van der Waals surface area (Å²) in [6.07, 6.45) is 0. The van der Waals surface area contributed by atoms with Gasteiger partial charge in [0.15, 0.2) is 0 Å². The van der Waals surface area contributed by atoms with Gasteiger partial charge < -0.3 is 20.4 Å². The van der Waals surface area contributed by atoms with Crippen molar-refractivity contribution in [3.05, 3.63) is 48.0 Å². The van der Waals surface area contributed by atoms with E-state index in [-0.39, 0.29) is 0 Å². The van der Waals surface area contributed by atoms with E-state index in [0.29, 0.717) is 0 Å². The quantitative estimate of drug-likeness (QED) is 0.722. The molecule has 1 aromatic heterocycles. The highest BCUT2D eigenvalue weighted by Gasteiger charge is 2.08. The second-order valence-corrected chi connectivity index (χ2v) is 5.04. The number of hydrogen-bond donors (Lipinski definition) is 2. The average Bonchev–Trinajstić information content (AvgIpc) is 2.91. The van der Waals surface area contributed by atoms with E-state index in [2.05, 4.69) is 27.0 Å². The summed E-state index contributed by atoms with van der Waals surface area (Å²) >= 11 is 0. The monoisotopic (exact) mass is 282 g/mol. The number of H-pyrrole nitrogens is 1. The van der Waals surface area contributed by atoms with Gasteiger partial charge in [0.25, 0.3) is 0 Å². The number of aromatic nitrogens is 2. The lowest BCUT2D eigenvalue weighted by atomic mass is 10.2. The van der Waals surface area contributed by atoms with Gasteiger partial charge >= 0.3 is 0 Å². The van der Waals surface area contributed by atoms with Crippen LogP contribution in [0, 0.1) is 0 Å². The number of fused-ring (bicyclic) bond motifs is 1. The first-order chi connectivity index (χ1) is 10.2. The number of ether oxygens (including phenoxy) is 1. The zero-order chi connectivity index (χ0) is 14.8. The molecule has 0 aliphatic heterocycles. The average molecular weight is 282 g/mol. The minimum atomic E-state index is 0.732. The van der Waals surface area contributed by atoms with Gasteiger partial charge in [0.05, 0.1) is 18.1 Å². The maximum atomic E-state index is 5.79. The first kappa shape index (κ1) is 13.3. The molecule has 0 aliphatic rings. The Kier molecular flexibility index (Phi) is 3.39. The van der Waals surface area contributed by atoms with Crippen LogP contribution in [0.5, 0.6) is 5.75 Å². The molecule has 0 bridgehead atoms. The summed E-state index contributed by atoms with van der Waals surface area (Å²) in [6, 6.07) is 13.7. The van der Waals surface area contributed by atoms with Crippen LogP contribution in [-0.4, -0.2) is 24.1 Å². The molecule has 0 saturated carbocycles. The Morgan fingerprint density at radius 1 is 1.19 bits per heavy atom. The third kappa shape index (κ3) is 2.76. The van der Waals surface area contributed by atoms with E-state index >= 15 is 0 Å². The lowest BCUT2D eigenvalue weighted by Gasteiger charge is -2.16. The van der Waals surface area contributed by atoms with Crippen LogP contribution in [0.1, 0.15) is 5.56 Å². The van der Waals surface area contributed by atoms with Crippen molar-refractivity contribution in [1.29, 1.82) is 0 Å². The number of hydrogen-bond acceptors (Lipinski definition) is 4. The number of nitrogens with one attached hydrogen (secondary N) is 1. The molecule has 2 aromatic carbocycles.